The fraction of sp³-hybridized carbons (Fsp3) is 1.00. The van der Waals surface area contributed by atoms with Gasteiger partial charge in [0.1, 0.15) is 30.6 Å². The molecule has 6 heteroatoms. The Labute approximate surface area is 69.2 Å². The van der Waals surface area contributed by atoms with Crippen molar-refractivity contribution in [2.24, 2.45) is 5.73 Å². The third-order valence-corrected chi connectivity index (χ3v) is 1.93. The molecule has 0 aromatic heterocycles. The predicted molar refractivity (Wildman–Crippen MR) is 38.0 cm³/mol. The van der Waals surface area contributed by atoms with Crippen molar-refractivity contribution in [3.63, 3.8) is 0 Å². The summed E-state index contributed by atoms with van der Waals surface area (Å²) in [6.07, 6.45) is -5.99. The molecule has 1 heterocycles. The molecule has 0 aromatic rings. The Hall–Kier alpha value is -0.240. The van der Waals surface area contributed by atoms with Crippen LogP contribution in [0.15, 0.2) is 0 Å². The summed E-state index contributed by atoms with van der Waals surface area (Å²) >= 11 is 0. The molecule has 0 unspecified atom stereocenters. The van der Waals surface area contributed by atoms with Crippen LogP contribution < -0.4 is 5.73 Å². The third-order valence-electron chi connectivity index (χ3n) is 1.93. The molecule has 12 heavy (non-hydrogen) atoms. The van der Waals surface area contributed by atoms with Gasteiger partial charge < -0.3 is 30.9 Å². The largest absolute Gasteiger partial charge is 0.394 e. The minimum absolute atomic E-state index is 0.446. The first kappa shape index (κ1) is 9.85. The van der Waals surface area contributed by atoms with E-state index < -0.39 is 37.3 Å². The van der Waals surface area contributed by atoms with E-state index in [0.717, 1.165) is 0 Å². The molecule has 1 aliphatic heterocycles. The second kappa shape index (κ2) is 3.65. The molecule has 0 radical (unpaired) electrons. The predicted octanol–water partition coefficient (Wildman–Crippen LogP) is -3.25. The van der Waals surface area contributed by atoms with Crippen LogP contribution in [0.25, 0.3) is 0 Å². The Morgan fingerprint density at radius 3 is 2.17 bits per heavy atom. The molecule has 1 aliphatic rings. The highest BCUT2D eigenvalue weighted by molar-refractivity contribution is 4.89. The summed E-state index contributed by atoms with van der Waals surface area (Å²) in [6, 6.07) is 0. The van der Waals surface area contributed by atoms with Crippen molar-refractivity contribution < 1.29 is 25.2 Å². The van der Waals surface area contributed by atoms with Gasteiger partial charge in [0.25, 0.3) is 0 Å². The molecule has 5 atom stereocenters. The van der Waals surface area contributed by atoms with E-state index in [9.17, 15) is 5.11 Å². The first-order chi connectivity index (χ1) is 5.57. The van der Waals surface area contributed by atoms with E-state index in [0.29, 0.717) is 0 Å². The van der Waals surface area contributed by atoms with E-state index in [1.807, 2.05) is 0 Å². The molecule has 0 bridgehead atoms. The number of nitrogens with two attached hydrogens (primary N) is 1. The maximum absolute atomic E-state index is 9.18. The van der Waals surface area contributed by atoms with Crippen molar-refractivity contribution in [2.45, 2.75) is 30.6 Å². The molecule has 0 aromatic carbocycles. The average Bonchev–Trinajstić information content (AvgIpc) is 2.08. The molecule has 72 valence electrons. The molecule has 6 N–H and O–H groups in total. The van der Waals surface area contributed by atoms with Crippen molar-refractivity contribution in [3.05, 3.63) is 0 Å². The molecule has 0 saturated carbocycles. The highest BCUT2D eigenvalue weighted by Gasteiger charge is 2.41. The zero-order chi connectivity index (χ0) is 9.30. The minimum Gasteiger partial charge on any atom is -0.394 e. The summed E-state index contributed by atoms with van der Waals surface area (Å²) in [5, 5.41) is 36.1. The number of hydrogen-bond acceptors (Lipinski definition) is 6. The smallest absolute Gasteiger partial charge is 0.135 e. The maximum atomic E-state index is 9.18. The van der Waals surface area contributed by atoms with Crippen LogP contribution >= 0.6 is 0 Å². The lowest BCUT2D eigenvalue weighted by Gasteiger charge is -2.38. The highest BCUT2D eigenvalue weighted by Crippen LogP contribution is 2.17. The van der Waals surface area contributed by atoms with Crippen molar-refractivity contribution in [1.82, 2.24) is 0 Å². The molecule has 1 saturated heterocycles. The lowest BCUT2D eigenvalue weighted by atomic mass is 9.99. The fourth-order valence-corrected chi connectivity index (χ4v) is 1.13. The van der Waals surface area contributed by atoms with Gasteiger partial charge in [-0.1, -0.05) is 0 Å². The van der Waals surface area contributed by atoms with Crippen LogP contribution in [-0.4, -0.2) is 57.7 Å². The summed E-state index contributed by atoms with van der Waals surface area (Å²) < 4.78 is 4.80. The van der Waals surface area contributed by atoms with Gasteiger partial charge in [-0.2, -0.15) is 0 Å². The number of ether oxygens (including phenoxy) is 1. The molecule has 6 nitrogen and oxygen atoms in total. The Balaban J connectivity index is 2.63. The second-order valence-corrected chi connectivity index (χ2v) is 2.79. The van der Waals surface area contributed by atoms with Gasteiger partial charge in [0.15, 0.2) is 0 Å². The average molecular weight is 179 g/mol. The topological polar surface area (TPSA) is 116 Å². The molecular weight excluding hydrogens is 166 g/mol. The van der Waals surface area contributed by atoms with Crippen LogP contribution in [0.2, 0.25) is 0 Å². The van der Waals surface area contributed by atoms with Crippen LogP contribution in [0, 0.1) is 0 Å². The third kappa shape index (κ3) is 1.58. The van der Waals surface area contributed by atoms with E-state index >= 15 is 0 Å². The van der Waals surface area contributed by atoms with Crippen molar-refractivity contribution in [3.8, 4) is 0 Å². The van der Waals surface area contributed by atoms with E-state index in [1.54, 1.807) is 0 Å². The number of aliphatic hydroxyl groups is 4. The lowest BCUT2D eigenvalue weighted by molar-refractivity contribution is -0.227. The van der Waals surface area contributed by atoms with E-state index in [1.165, 1.54) is 0 Å². The molecule has 0 spiro atoms. The second-order valence-electron chi connectivity index (χ2n) is 2.79. The normalized spacial score (nSPS) is 49.2. The van der Waals surface area contributed by atoms with Gasteiger partial charge in [-0.05, 0) is 0 Å². The zero-order valence-corrected chi connectivity index (χ0v) is 6.37. The van der Waals surface area contributed by atoms with Gasteiger partial charge >= 0.3 is 0 Å². The van der Waals surface area contributed by atoms with Crippen LogP contribution in [0.1, 0.15) is 0 Å². The van der Waals surface area contributed by atoms with E-state index in [2.05, 4.69) is 0 Å². The minimum atomic E-state index is -1.37. The summed E-state index contributed by atoms with van der Waals surface area (Å²) in [5.74, 6) is 0. The first-order valence-electron chi connectivity index (χ1n) is 3.64. The summed E-state index contributed by atoms with van der Waals surface area (Å²) in [5.41, 5.74) is 5.24. The molecule has 1 fully saturated rings. The van der Waals surface area contributed by atoms with Crippen molar-refractivity contribution >= 4 is 0 Å². The number of hydrogen-bond donors (Lipinski definition) is 5. The first-order valence-corrected chi connectivity index (χ1v) is 3.64. The van der Waals surface area contributed by atoms with Gasteiger partial charge in [-0.25, -0.2) is 0 Å². The highest BCUT2D eigenvalue weighted by atomic mass is 16.6. The fourth-order valence-electron chi connectivity index (χ4n) is 1.13. The van der Waals surface area contributed by atoms with Crippen LogP contribution in [0.3, 0.4) is 0 Å². The molecular formula is C6H13NO5. The standard InChI is InChI=1S/C6H13NO5/c7-6-5(11)4(10)3(9)2(1-8)12-6/h2-6,8-11H,1,7H2/t2-,3+,4-,5+,6-/m1/s1. The Morgan fingerprint density at radius 1 is 1.08 bits per heavy atom. The van der Waals surface area contributed by atoms with Crippen LogP contribution in [-0.2, 0) is 4.74 Å². The van der Waals surface area contributed by atoms with Crippen LogP contribution in [0.4, 0.5) is 0 Å². The SMILES string of the molecule is N[C@@H]1O[C@H](CO)[C@H](O)[C@@H](O)[C@@H]1O. The Kier molecular flexibility index (Phi) is 2.99. The van der Waals surface area contributed by atoms with Gasteiger partial charge in [0, 0.05) is 0 Å². The monoisotopic (exact) mass is 179 g/mol. The molecule has 1 rings (SSSR count). The van der Waals surface area contributed by atoms with Crippen molar-refractivity contribution in [2.75, 3.05) is 6.61 Å². The van der Waals surface area contributed by atoms with Crippen molar-refractivity contribution in [1.29, 1.82) is 0 Å². The van der Waals surface area contributed by atoms with Gasteiger partial charge in [-0.15, -0.1) is 0 Å². The van der Waals surface area contributed by atoms with Gasteiger partial charge in [0.05, 0.1) is 6.61 Å². The Morgan fingerprint density at radius 2 is 1.67 bits per heavy atom. The molecule has 0 amide bonds. The maximum Gasteiger partial charge on any atom is 0.135 e. The van der Waals surface area contributed by atoms with Gasteiger partial charge in [0.2, 0.25) is 0 Å². The number of aliphatic hydroxyl groups excluding tert-OH is 4. The van der Waals surface area contributed by atoms with Crippen LogP contribution in [0.5, 0.6) is 0 Å². The summed E-state index contributed by atoms with van der Waals surface area (Å²) in [4.78, 5) is 0. The Bertz CT molecular complexity index is 150. The lowest BCUT2D eigenvalue weighted by Crippen LogP contribution is -2.61. The van der Waals surface area contributed by atoms with E-state index in [4.69, 9.17) is 25.8 Å². The van der Waals surface area contributed by atoms with E-state index in [-0.39, 0.29) is 0 Å². The number of rotatable bonds is 1. The molecule has 0 aliphatic carbocycles. The van der Waals surface area contributed by atoms with Gasteiger partial charge in [-0.3, -0.25) is 0 Å². The summed E-state index contributed by atoms with van der Waals surface area (Å²) in [6.45, 7) is -0.446. The quantitative estimate of drug-likeness (QED) is 0.288. The summed E-state index contributed by atoms with van der Waals surface area (Å²) in [7, 11) is 0. The zero-order valence-electron chi connectivity index (χ0n) is 6.37.